The van der Waals surface area contributed by atoms with Gasteiger partial charge >= 0.3 is 6.18 Å². The van der Waals surface area contributed by atoms with Crippen molar-refractivity contribution in [3.8, 4) is 0 Å². The Hall–Kier alpha value is -1.50. The quantitative estimate of drug-likeness (QED) is 0.864. The first-order chi connectivity index (χ1) is 8.95. The van der Waals surface area contributed by atoms with Crippen LogP contribution in [0.5, 0.6) is 0 Å². The molecule has 0 aliphatic carbocycles. The zero-order valence-electron chi connectivity index (χ0n) is 10.2. The van der Waals surface area contributed by atoms with Crippen LogP contribution >= 0.6 is 11.3 Å². The maximum Gasteiger partial charge on any atom is 0.434 e. The van der Waals surface area contributed by atoms with Crippen LogP contribution in [0.25, 0.3) is 0 Å². The third-order valence-corrected chi connectivity index (χ3v) is 4.38. The van der Waals surface area contributed by atoms with E-state index in [0.717, 1.165) is 12.6 Å². The molecule has 0 aromatic carbocycles. The monoisotopic (exact) mass is 287 g/mol. The molecule has 0 amide bonds. The van der Waals surface area contributed by atoms with Crippen LogP contribution in [0.2, 0.25) is 0 Å². The molecule has 0 bridgehead atoms. The maximum absolute atomic E-state index is 12.6. The van der Waals surface area contributed by atoms with Gasteiger partial charge in [-0.05, 0) is 30.4 Å². The molecule has 0 fully saturated rings. The van der Waals surface area contributed by atoms with Crippen LogP contribution in [0.1, 0.15) is 28.6 Å². The van der Waals surface area contributed by atoms with Crippen molar-refractivity contribution in [3.63, 3.8) is 0 Å². The van der Waals surface area contributed by atoms with Gasteiger partial charge in [0.2, 0.25) is 5.95 Å². The van der Waals surface area contributed by atoms with Crippen molar-refractivity contribution in [2.24, 2.45) is 0 Å². The maximum atomic E-state index is 12.6. The minimum absolute atomic E-state index is 0.0518. The molecule has 3 nitrogen and oxygen atoms in total. The number of halogens is 3. The van der Waals surface area contributed by atoms with E-state index in [1.54, 1.807) is 11.3 Å². The molecule has 0 saturated heterocycles. The summed E-state index contributed by atoms with van der Waals surface area (Å²) in [5.74, 6) is 0.302. The van der Waals surface area contributed by atoms with Crippen LogP contribution in [0.4, 0.5) is 19.1 Å². The summed E-state index contributed by atoms with van der Waals surface area (Å²) in [5, 5.41) is 5.09. The number of nitrogens with zero attached hydrogens (tertiary/aromatic N) is 2. The van der Waals surface area contributed by atoms with Gasteiger partial charge in [0, 0.05) is 17.6 Å². The number of aryl methyl sites for hydroxylation is 2. The normalized spacial score (nSPS) is 19.1. The summed E-state index contributed by atoms with van der Waals surface area (Å²) < 4.78 is 39.4. The molecular weight excluding hydrogens is 275 g/mol. The van der Waals surface area contributed by atoms with Crippen LogP contribution in [0, 0.1) is 6.92 Å². The molecular formula is C12H12F3N3S. The van der Waals surface area contributed by atoms with Crippen molar-refractivity contribution >= 4 is 17.3 Å². The van der Waals surface area contributed by atoms with Crippen molar-refractivity contribution in [3.05, 3.63) is 33.8 Å². The van der Waals surface area contributed by atoms with Crippen molar-refractivity contribution < 1.29 is 13.2 Å². The van der Waals surface area contributed by atoms with Gasteiger partial charge in [0.1, 0.15) is 0 Å². The lowest BCUT2D eigenvalue weighted by atomic mass is 10.1. The van der Waals surface area contributed by atoms with E-state index in [1.807, 2.05) is 18.4 Å². The largest absolute Gasteiger partial charge is 0.434 e. The fourth-order valence-corrected chi connectivity index (χ4v) is 3.29. The second kappa shape index (κ2) is 4.26. The molecule has 3 rings (SSSR count). The van der Waals surface area contributed by atoms with Crippen LogP contribution in [0.15, 0.2) is 17.6 Å². The first kappa shape index (κ1) is 12.5. The summed E-state index contributed by atoms with van der Waals surface area (Å²) >= 11 is 1.62. The number of hydrogen-bond donors (Lipinski definition) is 1. The van der Waals surface area contributed by atoms with Crippen molar-refractivity contribution in [1.29, 1.82) is 0 Å². The number of thiophene rings is 1. The van der Waals surface area contributed by atoms with Crippen molar-refractivity contribution in [2.75, 3.05) is 5.32 Å². The molecule has 19 heavy (non-hydrogen) atoms. The Bertz CT molecular complexity index is 600. The molecule has 0 spiro atoms. The van der Waals surface area contributed by atoms with Crippen molar-refractivity contribution in [2.45, 2.75) is 32.1 Å². The Morgan fingerprint density at radius 1 is 1.47 bits per heavy atom. The molecule has 1 aliphatic rings. The molecule has 2 aromatic heterocycles. The number of imidazole rings is 1. The van der Waals surface area contributed by atoms with Gasteiger partial charge in [0.25, 0.3) is 0 Å². The molecule has 1 unspecified atom stereocenters. The Labute approximate surface area is 112 Å². The molecule has 1 aliphatic heterocycles. The topological polar surface area (TPSA) is 29.9 Å². The lowest BCUT2D eigenvalue weighted by molar-refractivity contribution is -0.140. The van der Waals surface area contributed by atoms with E-state index in [9.17, 15) is 13.2 Å². The smallest absolute Gasteiger partial charge is 0.348 e. The molecule has 0 radical (unpaired) electrons. The van der Waals surface area contributed by atoms with Crippen LogP contribution in [-0.2, 0) is 12.7 Å². The highest BCUT2D eigenvalue weighted by Gasteiger charge is 2.36. The first-order valence-electron chi connectivity index (χ1n) is 5.90. The van der Waals surface area contributed by atoms with Crippen LogP contribution in [0.3, 0.4) is 0 Å². The average Bonchev–Trinajstić information content (AvgIpc) is 2.92. The van der Waals surface area contributed by atoms with Crippen molar-refractivity contribution in [1.82, 2.24) is 9.55 Å². The molecule has 102 valence electrons. The van der Waals surface area contributed by atoms with Gasteiger partial charge in [-0.25, -0.2) is 4.98 Å². The van der Waals surface area contributed by atoms with E-state index < -0.39 is 11.9 Å². The molecule has 1 atom stereocenters. The van der Waals surface area contributed by atoms with Gasteiger partial charge < -0.3 is 9.88 Å². The fourth-order valence-electron chi connectivity index (χ4n) is 2.27. The summed E-state index contributed by atoms with van der Waals surface area (Å²) in [7, 11) is 0. The Morgan fingerprint density at radius 3 is 2.89 bits per heavy atom. The van der Waals surface area contributed by atoms with Gasteiger partial charge in [-0.1, -0.05) is 0 Å². The summed E-state index contributed by atoms with van der Waals surface area (Å²) in [5.41, 5.74) is 0.331. The number of alkyl halides is 3. The third kappa shape index (κ3) is 2.22. The molecule has 3 heterocycles. The zero-order chi connectivity index (χ0) is 13.6. The van der Waals surface area contributed by atoms with Gasteiger partial charge in [0.05, 0.1) is 6.04 Å². The van der Waals surface area contributed by atoms with E-state index >= 15 is 0 Å². The molecule has 0 saturated carbocycles. The molecule has 1 N–H and O–H groups in total. The van der Waals surface area contributed by atoms with Gasteiger partial charge in [-0.2, -0.15) is 13.2 Å². The zero-order valence-corrected chi connectivity index (χ0v) is 11.0. The second-order valence-corrected chi connectivity index (χ2v) is 5.54. The SMILES string of the molecule is Cc1ccsc1C1CCn2cc(C(F)(F)F)nc2N1. The Balaban J connectivity index is 1.88. The lowest BCUT2D eigenvalue weighted by Crippen LogP contribution is -2.21. The number of fused-ring (bicyclic) bond motifs is 1. The highest BCUT2D eigenvalue weighted by Crippen LogP contribution is 2.35. The summed E-state index contributed by atoms with van der Waals surface area (Å²) in [6.07, 6.45) is -2.55. The predicted molar refractivity (Wildman–Crippen MR) is 67.3 cm³/mol. The minimum Gasteiger partial charge on any atom is -0.348 e. The Kier molecular flexibility index (Phi) is 2.81. The van der Waals surface area contributed by atoms with E-state index in [4.69, 9.17) is 0 Å². The van der Waals surface area contributed by atoms with Gasteiger partial charge in [-0.15, -0.1) is 11.3 Å². The summed E-state index contributed by atoms with van der Waals surface area (Å²) in [6, 6.07) is 2.07. The Morgan fingerprint density at radius 2 is 2.26 bits per heavy atom. The third-order valence-electron chi connectivity index (χ3n) is 3.25. The average molecular weight is 287 g/mol. The number of aromatic nitrogens is 2. The minimum atomic E-state index is -4.39. The fraction of sp³-hybridized carbons (Fsp3) is 0.417. The summed E-state index contributed by atoms with van der Waals surface area (Å²) in [4.78, 5) is 4.81. The first-order valence-corrected chi connectivity index (χ1v) is 6.78. The highest BCUT2D eigenvalue weighted by atomic mass is 32.1. The van der Waals surface area contributed by atoms with E-state index in [0.29, 0.717) is 12.5 Å². The second-order valence-electron chi connectivity index (χ2n) is 4.59. The molecule has 2 aromatic rings. The molecule has 7 heteroatoms. The van der Waals surface area contributed by atoms with E-state index in [1.165, 1.54) is 15.0 Å². The standard InChI is InChI=1S/C12H12F3N3S/c1-7-3-5-19-10(7)8-2-4-18-6-9(12(13,14)15)17-11(18)16-8/h3,5-6,8H,2,4H2,1H3,(H,16,17). The number of rotatable bonds is 1. The lowest BCUT2D eigenvalue weighted by Gasteiger charge is -2.25. The van der Waals surface area contributed by atoms with Crippen LogP contribution < -0.4 is 5.32 Å². The van der Waals surface area contributed by atoms with E-state index in [-0.39, 0.29) is 6.04 Å². The van der Waals surface area contributed by atoms with Gasteiger partial charge in [-0.3, -0.25) is 0 Å². The van der Waals surface area contributed by atoms with Gasteiger partial charge in [0.15, 0.2) is 5.69 Å². The summed E-state index contributed by atoms with van der Waals surface area (Å²) in [6.45, 7) is 2.56. The van der Waals surface area contributed by atoms with E-state index in [2.05, 4.69) is 10.3 Å². The number of anilines is 1. The number of nitrogens with one attached hydrogen (secondary N) is 1. The predicted octanol–water partition coefficient (Wildman–Crippen LogP) is 3.83. The number of hydrogen-bond acceptors (Lipinski definition) is 3. The van der Waals surface area contributed by atoms with Crippen LogP contribution in [-0.4, -0.2) is 9.55 Å². The highest BCUT2D eigenvalue weighted by molar-refractivity contribution is 7.10.